The Labute approximate surface area is 353 Å². The second kappa shape index (κ2) is 13.7. The van der Waals surface area contributed by atoms with Gasteiger partial charge in [-0.25, -0.2) is 18.4 Å². The number of benzene rings is 2. The van der Waals surface area contributed by atoms with Crippen LogP contribution < -0.4 is 16.5 Å². The molecule has 2 aromatic carbocycles. The SMILES string of the molecule is CC1c2c(-n3ccn(-c4ccc5c(cnn5C)c4F)c3=O)c(-c3ccc(F)cc3)nn2CCN1C(=O)c1cn2cc(C3CCOC(C)(C)C3)ccc2c1C1(C2NOC(=O)N2)CC1. The summed E-state index contributed by atoms with van der Waals surface area (Å²) in [5.41, 5.74) is 7.36. The Kier molecular flexibility index (Phi) is 8.48. The normalized spacial score (nSPS) is 21.6. The molecule has 0 radical (unpaired) electrons. The molecule has 62 heavy (non-hydrogen) atoms. The average Bonchev–Trinajstić information content (AvgIpc) is 3.71. The molecule has 8 heterocycles. The molecule has 1 aliphatic carbocycles. The topological polar surface area (TPSA) is 147 Å². The Balaban J connectivity index is 1.03. The van der Waals surface area contributed by atoms with Crippen LogP contribution >= 0.6 is 0 Å². The highest BCUT2D eigenvalue weighted by atomic mass is 19.1. The number of rotatable bonds is 7. The lowest BCUT2D eigenvalue weighted by molar-refractivity contribution is -0.0593. The standard InChI is InChI=1S/C45H44F2N10O5/c1-25-38-39(56-17-16-55(43(56)60)34-12-11-32-30(36(34)47)22-48-52(32)4)37(26-5-8-29(46)9-6-26)50-57(38)19-18-54(25)40(58)31-24-53-23-28(27-13-20-61-44(2,3)21-27)7-10-33(53)35(31)45(14-15-45)41-49-42(59)62-51-41/h5-12,16-17,22-25,27,41,51H,13-15,18-21H2,1-4H3,(H,49,59). The van der Waals surface area contributed by atoms with Crippen LogP contribution in [0.2, 0.25) is 0 Å². The first-order chi connectivity index (χ1) is 29.8. The van der Waals surface area contributed by atoms with E-state index >= 15 is 9.18 Å². The molecule has 0 bridgehead atoms. The van der Waals surface area contributed by atoms with Gasteiger partial charge in [0.2, 0.25) is 0 Å². The van der Waals surface area contributed by atoms with Crippen molar-refractivity contribution in [1.82, 2.24) is 48.8 Å². The second-order valence-electron chi connectivity index (χ2n) is 17.6. The van der Waals surface area contributed by atoms with E-state index in [4.69, 9.17) is 14.7 Å². The van der Waals surface area contributed by atoms with Gasteiger partial charge in [-0.05, 0) is 100 Å². The zero-order chi connectivity index (χ0) is 42.8. The molecule has 4 aliphatic rings. The molecular formula is C45H44F2N10O5. The number of hydrogen-bond acceptors (Lipinski definition) is 8. The highest BCUT2D eigenvalue weighted by Gasteiger charge is 2.57. The van der Waals surface area contributed by atoms with Crippen molar-refractivity contribution >= 4 is 28.4 Å². The van der Waals surface area contributed by atoms with Crippen LogP contribution in [0.5, 0.6) is 0 Å². The quantitative estimate of drug-likeness (QED) is 0.188. The maximum absolute atomic E-state index is 16.0. The van der Waals surface area contributed by atoms with E-state index < -0.39 is 41.0 Å². The number of ether oxygens (including phenoxy) is 1. The van der Waals surface area contributed by atoms with Crippen molar-refractivity contribution in [3.05, 3.63) is 124 Å². The molecule has 0 spiro atoms. The lowest BCUT2D eigenvalue weighted by Crippen LogP contribution is -2.45. The fourth-order valence-corrected chi connectivity index (χ4v) is 10.2. The maximum Gasteiger partial charge on any atom is 0.427 e. The summed E-state index contributed by atoms with van der Waals surface area (Å²) in [5, 5.41) is 12.3. The van der Waals surface area contributed by atoms with E-state index in [0.29, 0.717) is 66.3 Å². The Hall–Kier alpha value is -6.59. The monoisotopic (exact) mass is 842 g/mol. The minimum atomic E-state index is -0.620. The van der Waals surface area contributed by atoms with Gasteiger partial charge < -0.3 is 24.2 Å². The number of nitrogens with one attached hydrogen (secondary N) is 2. The molecule has 3 atom stereocenters. The molecule has 2 amide bonds. The van der Waals surface area contributed by atoms with Crippen LogP contribution in [0, 0.1) is 11.6 Å². The zero-order valence-electron chi connectivity index (χ0n) is 34.6. The van der Waals surface area contributed by atoms with Gasteiger partial charge in [0.1, 0.15) is 23.4 Å². The van der Waals surface area contributed by atoms with Gasteiger partial charge >= 0.3 is 11.8 Å². The molecule has 3 aliphatic heterocycles. The van der Waals surface area contributed by atoms with Crippen molar-refractivity contribution in [2.45, 2.75) is 82.1 Å². The Morgan fingerprint density at radius 3 is 2.47 bits per heavy atom. The van der Waals surface area contributed by atoms with Crippen LogP contribution in [0.3, 0.4) is 0 Å². The van der Waals surface area contributed by atoms with Gasteiger partial charge in [-0.3, -0.25) is 23.3 Å². The lowest BCUT2D eigenvalue weighted by atomic mass is 9.84. The van der Waals surface area contributed by atoms with E-state index in [0.717, 1.165) is 29.5 Å². The van der Waals surface area contributed by atoms with Crippen molar-refractivity contribution in [3.63, 3.8) is 0 Å². The van der Waals surface area contributed by atoms with Crippen molar-refractivity contribution in [3.8, 4) is 22.6 Å². The number of aryl methyl sites for hydroxylation is 1. The molecular weight excluding hydrogens is 799 g/mol. The van der Waals surface area contributed by atoms with E-state index in [1.54, 1.807) is 51.8 Å². The van der Waals surface area contributed by atoms with Gasteiger partial charge in [0.05, 0.1) is 52.2 Å². The molecule has 2 saturated heterocycles. The summed E-state index contributed by atoms with van der Waals surface area (Å²) in [6.45, 7) is 7.38. The highest BCUT2D eigenvalue weighted by molar-refractivity contribution is 5.99. The predicted molar refractivity (Wildman–Crippen MR) is 223 cm³/mol. The van der Waals surface area contributed by atoms with Crippen molar-refractivity contribution < 1.29 is 27.9 Å². The fourth-order valence-electron chi connectivity index (χ4n) is 10.2. The van der Waals surface area contributed by atoms with E-state index in [2.05, 4.69) is 48.1 Å². The minimum absolute atomic E-state index is 0.0489. The number of pyridine rings is 1. The number of nitrogens with zero attached hydrogens (tertiary/aromatic N) is 8. The molecule has 1 saturated carbocycles. The van der Waals surface area contributed by atoms with E-state index in [1.807, 2.05) is 17.5 Å². The molecule has 15 nitrogen and oxygen atoms in total. The Morgan fingerprint density at radius 2 is 1.73 bits per heavy atom. The van der Waals surface area contributed by atoms with Crippen LogP contribution in [0.4, 0.5) is 13.6 Å². The highest BCUT2D eigenvalue weighted by Crippen LogP contribution is 2.54. The largest absolute Gasteiger partial charge is 0.427 e. The zero-order valence-corrected chi connectivity index (χ0v) is 34.6. The molecule has 11 rings (SSSR count). The molecule has 5 aromatic heterocycles. The number of hydrogen-bond donors (Lipinski definition) is 2. The number of amides is 2. The van der Waals surface area contributed by atoms with E-state index in [9.17, 15) is 14.0 Å². The van der Waals surface area contributed by atoms with Crippen LogP contribution in [-0.2, 0) is 28.6 Å². The molecule has 3 unspecified atom stereocenters. The molecule has 318 valence electrons. The van der Waals surface area contributed by atoms with Gasteiger partial charge in [-0.2, -0.15) is 10.2 Å². The average molecular weight is 843 g/mol. The van der Waals surface area contributed by atoms with Gasteiger partial charge in [-0.1, -0.05) is 6.07 Å². The number of hydroxylamine groups is 1. The first kappa shape index (κ1) is 38.3. The van der Waals surface area contributed by atoms with Crippen LogP contribution in [0.25, 0.3) is 39.1 Å². The van der Waals surface area contributed by atoms with Gasteiger partial charge in [-0.15, -0.1) is 5.48 Å². The number of carbonyl (C=O) groups is 2. The molecule has 17 heteroatoms. The summed E-state index contributed by atoms with van der Waals surface area (Å²) >= 11 is 0. The summed E-state index contributed by atoms with van der Waals surface area (Å²) in [5.74, 6) is -0.972. The number of imidazole rings is 1. The first-order valence-electron chi connectivity index (χ1n) is 20.9. The van der Waals surface area contributed by atoms with Crippen molar-refractivity contribution in [1.29, 1.82) is 0 Å². The summed E-state index contributed by atoms with van der Waals surface area (Å²) in [7, 11) is 1.72. The minimum Gasteiger partial charge on any atom is -0.376 e. The van der Waals surface area contributed by atoms with E-state index in [1.165, 1.54) is 33.7 Å². The summed E-state index contributed by atoms with van der Waals surface area (Å²) in [4.78, 5) is 49.2. The Morgan fingerprint density at radius 1 is 0.952 bits per heavy atom. The number of halogens is 2. The van der Waals surface area contributed by atoms with Crippen molar-refractivity contribution in [2.24, 2.45) is 7.05 Å². The molecule has 2 N–H and O–H groups in total. The summed E-state index contributed by atoms with van der Waals surface area (Å²) in [6, 6.07) is 12.7. The van der Waals surface area contributed by atoms with Crippen LogP contribution in [-0.4, -0.2) is 74.9 Å². The van der Waals surface area contributed by atoms with Crippen LogP contribution in [0.15, 0.2) is 84.3 Å². The first-order valence-corrected chi connectivity index (χ1v) is 20.9. The number of carbonyl (C=O) groups excluding carboxylic acids is 2. The van der Waals surface area contributed by atoms with Gasteiger partial charge in [0.15, 0.2) is 5.82 Å². The third-order valence-corrected chi connectivity index (χ3v) is 13.4. The Bertz CT molecular complexity index is 3040. The predicted octanol–water partition coefficient (Wildman–Crippen LogP) is 6.40. The van der Waals surface area contributed by atoms with Crippen molar-refractivity contribution in [2.75, 3.05) is 13.2 Å². The summed E-state index contributed by atoms with van der Waals surface area (Å²) < 4.78 is 44.4. The van der Waals surface area contributed by atoms with Gasteiger partial charge in [0, 0.05) is 67.0 Å². The third kappa shape index (κ3) is 5.85. The third-order valence-electron chi connectivity index (χ3n) is 13.4. The molecule has 7 aromatic rings. The maximum atomic E-state index is 16.0. The van der Waals surface area contributed by atoms with E-state index in [-0.39, 0.29) is 28.5 Å². The smallest absolute Gasteiger partial charge is 0.376 e. The van der Waals surface area contributed by atoms with Gasteiger partial charge in [0.25, 0.3) is 5.91 Å². The number of fused-ring (bicyclic) bond motifs is 3. The lowest BCUT2D eigenvalue weighted by Gasteiger charge is -2.35. The summed E-state index contributed by atoms with van der Waals surface area (Å²) in [6.07, 6.45) is 10.6. The van der Waals surface area contributed by atoms with Crippen LogP contribution in [0.1, 0.15) is 85.6 Å². The molecule has 3 fully saturated rings. The second-order valence-corrected chi connectivity index (χ2v) is 17.6. The number of aromatic nitrogens is 7. The fraction of sp³-hybridized carbons (Fsp3) is 0.356.